The summed E-state index contributed by atoms with van der Waals surface area (Å²) in [7, 11) is 0. The predicted molar refractivity (Wildman–Crippen MR) is 84.6 cm³/mol. The fourth-order valence-electron chi connectivity index (χ4n) is 2.59. The summed E-state index contributed by atoms with van der Waals surface area (Å²) in [6.07, 6.45) is 1.57. The summed E-state index contributed by atoms with van der Waals surface area (Å²) in [5.74, 6) is -0.707. The molecule has 114 valence electrons. The number of benzene rings is 2. The molecule has 0 unspecified atom stereocenters. The molecule has 23 heavy (non-hydrogen) atoms. The van der Waals surface area contributed by atoms with Crippen molar-refractivity contribution in [1.29, 1.82) is 0 Å². The van der Waals surface area contributed by atoms with Gasteiger partial charge in [-0.3, -0.25) is 9.89 Å². The first-order valence-corrected chi connectivity index (χ1v) is 7.23. The van der Waals surface area contributed by atoms with Gasteiger partial charge in [0.2, 0.25) is 0 Å². The summed E-state index contributed by atoms with van der Waals surface area (Å²) in [4.78, 5) is 24.1. The minimum atomic E-state index is -0.379. The molecular formula is C16H10ClN3O3. The maximum Gasteiger partial charge on any atom is 0.338 e. The molecule has 2 N–H and O–H groups in total. The zero-order valence-corrected chi connectivity index (χ0v) is 12.5. The third-order valence-electron chi connectivity index (χ3n) is 3.71. The Morgan fingerprint density at radius 2 is 2.17 bits per heavy atom. The van der Waals surface area contributed by atoms with Crippen LogP contribution in [0.5, 0.6) is 0 Å². The van der Waals surface area contributed by atoms with E-state index < -0.39 is 0 Å². The largest absolute Gasteiger partial charge is 0.457 e. The lowest BCUT2D eigenvalue weighted by Gasteiger charge is -2.07. The van der Waals surface area contributed by atoms with Crippen LogP contribution in [-0.2, 0) is 11.3 Å². The number of hydrogen-bond donors (Lipinski definition) is 2. The van der Waals surface area contributed by atoms with E-state index >= 15 is 0 Å². The third kappa shape index (κ3) is 2.33. The summed E-state index contributed by atoms with van der Waals surface area (Å²) in [5.41, 5.74) is 2.89. The van der Waals surface area contributed by atoms with Crippen LogP contribution in [0.15, 0.2) is 36.5 Å². The van der Waals surface area contributed by atoms with Crippen molar-refractivity contribution in [1.82, 2.24) is 10.2 Å². The molecule has 0 fully saturated rings. The number of nitrogens with one attached hydrogen (secondary N) is 2. The van der Waals surface area contributed by atoms with Crippen molar-refractivity contribution in [3.8, 4) is 0 Å². The van der Waals surface area contributed by atoms with Gasteiger partial charge in [0.1, 0.15) is 6.61 Å². The molecule has 2 heterocycles. The Kier molecular flexibility index (Phi) is 3.06. The minimum Gasteiger partial charge on any atom is -0.457 e. The van der Waals surface area contributed by atoms with Crippen molar-refractivity contribution in [3.63, 3.8) is 0 Å². The monoisotopic (exact) mass is 327 g/mol. The second-order valence-corrected chi connectivity index (χ2v) is 5.62. The van der Waals surface area contributed by atoms with E-state index in [2.05, 4.69) is 15.5 Å². The van der Waals surface area contributed by atoms with Crippen LogP contribution in [0.4, 0.5) is 5.69 Å². The number of ether oxygens (including phenoxy) is 1. The molecule has 0 saturated heterocycles. The molecule has 1 aliphatic heterocycles. The molecular weight excluding hydrogens is 318 g/mol. The maximum absolute atomic E-state index is 12.5. The van der Waals surface area contributed by atoms with E-state index in [1.165, 1.54) is 0 Å². The quantitative estimate of drug-likeness (QED) is 0.708. The van der Waals surface area contributed by atoms with E-state index in [0.717, 1.165) is 5.56 Å². The number of amides is 1. The second-order valence-electron chi connectivity index (χ2n) is 5.19. The highest BCUT2D eigenvalue weighted by molar-refractivity contribution is 6.32. The highest BCUT2D eigenvalue weighted by Gasteiger charge is 2.22. The van der Waals surface area contributed by atoms with Crippen molar-refractivity contribution in [2.24, 2.45) is 0 Å². The number of carbonyl (C=O) groups is 2. The highest BCUT2D eigenvalue weighted by atomic mass is 35.5. The standard InChI is InChI=1S/C16H10ClN3O3/c17-9-3-12(13-6-18-20-14(13)4-9)15(21)19-10-2-1-8-7-23-16(22)11(8)5-10/h1-6H,7H2,(H,18,20)(H,19,21). The first kappa shape index (κ1) is 13.8. The number of aromatic nitrogens is 2. The number of cyclic esters (lactones) is 1. The van der Waals surface area contributed by atoms with Crippen LogP contribution < -0.4 is 5.32 Å². The SMILES string of the molecule is O=C1OCc2ccc(NC(=O)c3cc(Cl)cc4[nH]ncc34)cc21. The normalized spacial score (nSPS) is 13.0. The number of carbonyl (C=O) groups excluding carboxylic acids is 2. The van der Waals surface area contributed by atoms with Gasteiger partial charge in [-0.05, 0) is 24.3 Å². The van der Waals surface area contributed by atoms with Gasteiger partial charge in [-0.25, -0.2) is 4.79 Å². The minimum absolute atomic E-state index is 0.270. The second kappa shape index (κ2) is 5.10. The summed E-state index contributed by atoms with van der Waals surface area (Å²) >= 11 is 6.03. The average Bonchev–Trinajstić information content (AvgIpc) is 3.13. The Hall–Kier alpha value is -2.86. The fourth-order valence-corrected chi connectivity index (χ4v) is 2.81. The molecule has 4 rings (SSSR count). The molecule has 0 bridgehead atoms. The Labute approximate surface area is 135 Å². The van der Waals surface area contributed by atoms with Gasteiger partial charge in [0.15, 0.2) is 0 Å². The first-order chi connectivity index (χ1) is 11.1. The maximum atomic E-state index is 12.5. The van der Waals surface area contributed by atoms with Gasteiger partial charge in [0.25, 0.3) is 5.91 Å². The van der Waals surface area contributed by atoms with Gasteiger partial charge >= 0.3 is 5.97 Å². The van der Waals surface area contributed by atoms with Crippen LogP contribution in [0, 0.1) is 0 Å². The van der Waals surface area contributed by atoms with Crippen LogP contribution in [0.2, 0.25) is 5.02 Å². The zero-order chi connectivity index (χ0) is 16.0. The molecule has 2 aromatic carbocycles. The highest BCUT2D eigenvalue weighted by Crippen LogP contribution is 2.26. The Bertz CT molecular complexity index is 964. The lowest BCUT2D eigenvalue weighted by Crippen LogP contribution is -2.12. The van der Waals surface area contributed by atoms with Crippen molar-refractivity contribution in [3.05, 3.63) is 58.2 Å². The number of hydrogen-bond acceptors (Lipinski definition) is 4. The van der Waals surface area contributed by atoms with Gasteiger partial charge in [0.05, 0.1) is 22.8 Å². The van der Waals surface area contributed by atoms with Gasteiger partial charge in [-0.2, -0.15) is 5.10 Å². The number of fused-ring (bicyclic) bond motifs is 2. The number of esters is 1. The molecule has 0 atom stereocenters. The summed E-state index contributed by atoms with van der Waals surface area (Å²) in [6.45, 7) is 0.270. The van der Waals surface area contributed by atoms with Crippen molar-refractivity contribution in [2.75, 3.05) is 5.32 Å². The topological polar surface area (TPSA) is 84.1 Å². The Balaban J connectivity index is 1.69. The van der Waals surface area contributed by atoms with Crippen LogP contribution in [0.3, 0.4) is 0 Å². The zero-order valence-electron chi connectivity index (χ0n) is 11.7. The average molecular weight is 328 g/mol. The van der Waals surface area contributed by atoms with E-state index in [9.17, 15) is 9.59 Å². The summed E-state index contributed by atoms with van der Waals surface area (Å²) in [6, 6.07) is 8.39. The van der Waals surface area contributed by atoms with Gasteiger partial charge in [-0.1, -0.05) is 17.7 Å². The third-order valence-corrected chi connectivity index (χ3v) is 3.93. The molecule has 1 aromatic heterocycles. The van der Waals surface area contributed by atoms with Crippen molar-refractivity contribution in [2.45, 2.75) is 6.61 Å². The van der Waals surface area contributed by atoms with E-state index in [1.54, 1.807) is 36.5 Å². The number of anilines is 1. The summed E-state index contributed by atoms with van der Waals surface area (Å²) in [5, 5.41) is 10.6. The molecule has 1 amide bonds. The number of rotatable bonds is 2. The first-order valence-electron chi connectivity index (χ1n) is 6.86. The Morgan fingerprint density at radius 3 is 3.04 bits per heavy atom. The number of H-pyrrole nitrogens is 1. The molecule has 7 heteroatoms. The fraction of sp³-hybridized carbons (Fsp3) is 0.0625. The van der Waals surface area contributed by atoms with Crippen LogP contribution >= 0.6 is 11.6 Å². The van der Waals surface area contributed by atoms with Crippen molar-refractivity contribution >= 4 is 40.1 Å². The summed E-state index contributed by atoms with van der Waals surface area (Å²) < 4.78 is 4.95. The smallest absolute Gasteiger partial charge is 0.338 e. The van der Waals surface area contributed by atoms with Crippen LogP contribution in [-0.4, -0.2) is 22.1 Å². The van der Waals surface area contributed by atoms with E-state index in [1.807, 2.05) is 0 Å². The molecule has 0 saturated carbocycles. The number of halogens is 1. The Morgan fingerprint density at radius 1 is 1.30 bits per heavy atom. The molecule has 0 aliphatic carbocycles. The number of aromatic amines is 1. The molecule has 0 radical (unpaired) electrons. The van der Waals surface area contributed by atoms with Crippen LogP contribution in [0.25, 0.3) is 10.9 Å². The van der Waals surface area contributed by atoms with Gasteiger partial charge in [0, 0.05) is 21.7 Å². The van der Waals surface area contributed by atoms with E-state index in [0.29, 0.717) is 32.7 Å². The lowest BCUT2D eigenvalue weighted by molar-refractivity contribution is 0.0535. The molecule has 3 aromatic rings. The molecule has 1 aliphatic rings. The molecule has 6 nitrogen and oxygen atoms in total. The van der Waals surface area contributed by atoms with E-state index in [-0.39, 0.29) is 18.5 Å². The number of nitrogens with zero attached hydrogens (tertiary/aromatic N) is 1. The predicted octanol–water partition coefficient (Wildman–Crippen LogP) is 3.14. The van der Waals surface area contributed by atoms with Gasteiger partial charge < -0.3 is 10.1 Å². The lowest BCUT2D eigenvalue weighted by atomic mass is 10.1. The molecule has 0 spiro atoms. The van der Waals surface area contributed by atoms with Crippen LogP contribution in [0.1, 0.15) is 26.3 Å². The van der Waals surface area contributed by atoms with Gasteiger partial charge in [-0.15, -0.1) is 0 Å². The van der Waals surface area contributed by atoms with E-state index in [4.69, 9.17) is 16.3 Å². The van der Waals surface area contributed by atoms with Crippen molar-refractivity contribution < 1.29 is 14.3 Å².